The highest BCUT2D eigenvalue weighted by Gasteiger charge is 2.25. The van der Waals surface area contributed by atoms with E-state index in [1.54, 1.807) is 7.11 Å². The van der Waals surface area contributed by atoms with Gasteiger partial charge in [0.2, 0.25) is 11.8 Å². The van der Waals surface area contributed by atoms with E-state index in [1.807, 2.05) is 24.3 Å². The Hall–Kier alpha value is -2.70. The first-order valence-electron chi connectivity index (χ1n) is 10.1. The fraction of sp³-hybridized carbons (Fsp3) is 0.391. The van der Waals surface area contributed by atoms with Gasteiger partial charge in [-0.2, -0.15) is 0 Å². The summed E-state index contributed by atoms with van der Waals surface area (Å²) in [6, 6.07) is 16.5. The van der Waals surface area contributed by atoms with E-state index in [4.69, 9.17) is 9.15 Å². The SMILES string of the molecule is COc1ccc(-c2nnc([C@@H](C)N3CCN(Cc4cccc(C)c4)CC3)o2)cc1. The summed E-state index contributed by atoms with van der Waals surface area (Å²) in [6.07, 6.45) is 0. The normalized spacial score (nSPS) is 16.7. The van der Waals surface area contributed by atoms with E-state index in [2.05, 4.69) is 58.1 Å². The van der Waals surface area contributed by atoms with Gasteiger partial charge in [0, 0.05) is 38.3 Å². The average Bonchev–Trinajstić information content (AvgIpc) is 3.24. The van der Waals surface area contributed by atoms with Gasteiger partial charge < -0.3 is 9.15 Å². The molecule has 4 rings (SSSR count). The van der Waals surface area contributed by atoms with E-state index in [0.717, 1.165) is 44.0 Å². The average molecular weight is 393 g/mol. The van der Waals surface area contributed by atoms with Crippen molar-refractivity contribution in [3.05, 3.63) is 65.5 Å². The number of aryl methyl sites for hydroxylation is 1. The Morgan fingerprint density at radius 2 is 1.79 bits per heavy atom. The summed E-state index contributed by atoms with van der Waals surface area (Å²) in [4.78, 5) is 4.92. The maximum atomic E-state index is 5.98. The second-order valence-electron chi connectivity index (χ2n) is 7.65. The number of nitrogens with zero attached hydrogens (tertiary/aromatic N) is 4. The summed E-state index contributed by atoms with van der Waals surface area (Å²) in [5, 5.41) is 8.55. The van der Waals surface area contributed by atoms with Crippen LogP contribution in [0.5, 0.6) is 5.75 Å². The Morgan fingerprint density at radius 1 is 1.03 bits per heavy atom. The molecule has 6 heteroatoms. The summed E-state index contributed by atoms with van der Waals surface area (Å²) in [5.41, 5.74) is 3.60. The molecule has 0 saturated carbocycles. The van der Waals surface area contributed by atoms with Gasteiger partial charge in [-0.15, -0.1) is 10.2 Å². The third kappa shape index (κ3) is 4.66. The van der Waals surface area contributed by atoms with Crippen LogP contribution in [0.2, 0.25) is 0 Å². The molecule has 1 aliphatic heterocycles. The van der Waals surface area contributed by atoms with Gasteiger partial charge in [-0.3, -0.25) is 9.80 Å². The lowest BCUT2D eigenvalue weighted by Crippen LogP contribution is -2.46. The highest BCUT2D eigenvalue weighted by Crippen LogP contribution is 2.26. The maximum Gasteiger partial charge on any atom is 0.247 e. The molecule has 2 aromatic carbocycles. The van der Waals surface area contributed by atoms with Gasteiger partial charge in [0.15, 0.2) is 0 Å². The number of piperazine rings is 1. The number of methoxy groups -OCH3 is 1. The van der Waals surface area contributed by atoms with Crippen LogP contribution in [-0.4, -0.2) is 53.3 Å². The van der Waals surface area contributed by atoms with E-state index in [9.17, 15) is 0 Å². The Morgan fingerprint density at radius 3 is 2.48 bits per heavy atom. The third-order valence-electron chi connectivity index (χ3n) is 5.58. The van der Waals surface area contributed by atoms with Crippen LogP contribution in [0.4, 0.5) is 0 Å². The van der Waals surface area contributed by atoms with E-state index < -0.39 is 0 Å². The number of aromatic nitrogens is 2. The van der Waals surface area contributed by atoms with Crippen molar-refractivity contribution in [3.63, 3.8) is 0 Å². The Labute approximate surface area is 172 Å². The molecule has 1 fully saturated rings. The molecule has 1 aromatic heterocycles. The highest BCUT2D eigenvalue weighted by atomic mass is 16.5. The molecule has 152 valence electrons. The Bertz CT molecular complexity index is 930. The molecule has 1 atom stereocenters. The molecule has 0 unspecified atom stereocenters. The largest absolute Gasteiger partial charge is 0.497 e. The van der Waals surface area contributed by atoms with Crippen molar-refractivity contribution in [3.8, 4) is 17.2 Å². The molecule has 3 aromatic rings. The van der Waals surface area contributed by atoms with Gasteiger partial charge >= 0.3 is 0 Å². The van der Waals surface area contributed by atoms with Crippen molar-refractivity contribution in [2.75, 3.05) is 33.3 Å². The number of rotatable bonds is 6. The molecule has 0 bridgehead atoms. The zero-order chi connectivity index (χ0) is 20.2. The standard InChI is InChI=1S/C23H28N4O2/c1-17-5-4-6-19(15-17)16-26-11-13-27(14-12-26)18(2)22-24-25-23(29-22)20-7-9-21(28-3)10-8-20/h4-10,15,18H,11-14,16H2,1-3H3/t18-/m1/s1. The molecule has 0 amide bonds. The van der Waals surface area contributed by atoms with Crippen LogP contribution in [0.1, 0.15) is 30.0 Å². The van der Waals surface area contributed by atoms with Crippen molar-refractivity contribution < 1.29 is 9.15 Å². The van der Waals surface area contributed by atoms with E-state index in [-0.39, 0.29) is 6.04 Å². The second-order valence-corrected chi connectivity index (χ2v) is 7.65. The van der Waals surface area contributed by atoms with E-state index in [0.29, 0.717) is 11.8 Å². The molecule has 0 spiro atoms. The lowest BCUT2D eigenvalue weighted by molar-refractivity contribution is 0.0876. The minimum atomic E-state index is 0.107. The Kier molecular flexibility index (Phi) is 5.92. The predicted molar refractivity (Wildman–Crippen MR) is 113 cm³/mol. The van der Waals surface area contributed by atoms with Crippen LogP contribution in [-0.2, 0) is 6.54 Å². The van der Waals surface area contributed by atoms with Crippen LogP contribution >= 0.6 is 0 Å². The number of benzene rings is 2. The second kappa shape index (κ2) is 8.76. The highest BCUT2D eigenvalue weighted by molar-refractivity contribution is 5.53. The summed E-state index contributed by atoms with van der Waals surface area (Å²) in [6.45, 7) is 9.36. The third-order valence-corrected chi connectivity index (χ3v) is 5.58. The first-order valence-corrected chi connectivity index (χ1v) is 10.1. The number of ether oxygens (including phenoxy) is 1. The summed E-state index contributed by atoms with van der Waals surface area (Å²) < 4.78 is 11.2. The summed E-state index contributed by atoms with van der Waals surface area (Å²) >= 11 is 0. The first-order chi connectivity index (χ1) is 14.1. The molecule has 1 aliphatic rings. The topological polar surface area (TPSA) is 54.6 Å². The van der Waals surface area contributed by atoms with Crippen LogP contribution < -0.4 is 4.74 Å². The van der Waals surface area contributed by atoms with Gasteiger partial charge in [0.1, 0.15) is 5.75 Å². The molecular formula is C23H28N4O2. The fourth-order valence-electron chi connectivity index (χ4n) is 3.79. The predicted octanol–water partition coefficient (Wildman–Crippen LogP) is 3.93. The molecular weight excluding hydrogens is 364 g/mol. The first kappa shape index (κ1) is 19.6. The minimum absolute atomic E-state index is 0.107. The van der Waals surface area contributed by atoms with E-state index in [1.165, 1.54) is 11.1 Å². The molecule has 0 radical (unpaired) electrons. The van der Waals surface area contributed by atoms with Crippen molar-refractivity contribution in [2.45, 2.75) is 26.4 Å². The molecule has 1 saturated heterocycles. The molecule has 29 heavy (non-hydrogen) atoms. The smallest absolute Gasteiger partial charge is 0.247 e. The zero-order valence-electron chi connectivity index (χ0n) is 17.3. The monoisotopic (exact) mass is 392 g/mol. The van der Waals surface area contributed by atoms with Crippen LogP contribution in [0.15, 0.2) is 52.9 Å². The van der Waals surface area contributed by atoms with Crippen LogP contribution in [0.3, 0.4) is 0 Å². The maximum absolute atomic E-state index is 5.98. The minimum Gasteiger partial charge on any atom is -0.497 e. The van der Waals surface area contributed by atoms with Gasteiger partial charge in [0.05, 0.1) is 13.2 Å². The van der Waals surface area contributed by atoms with Gasteiger partial charge in [0.25, 0.3) is 0 Å². The van der Waals surface area contributed by atoms with Crippen molar-refractivity contribution >= 4 is 0 Å². The van der Waals surface area contributed by atoms with Gasteiger partial charge in [-0.25, -0.2) is 0 Å². The molecule has 6 nitrogen and oxygen atoms in total. The number of hydrogen-bond donors (Lipinski definition) is 0. The van der Waals surface area contributed by atoms with Crippen LogP contribution in [0.25, 0.3) is 11.5 Å². The lowest BCUT2D eigenvalue weighted by atomic mass is 10.1. The van der Waals surface area contributed by atoms with Crippen molar-refractivity contribution in [1.82, 2.24) is 20.0 Å². The van der Waals surface area contributed by atoms with E-state index >= 15 is 0 Å². The summed E-state index contributed by atoms with van der Waals surface area (Å²) in [5.74, 6) is 2.03. The molecule has 0 N–H and O–H groups in total. The molecule has 2 heterocycles. The number of hydrogen-bond acceptors (Lipinski definition) is 6. The zero-order valence-corrected chi connectivity index (χ0v) is 17.3. The van der Waals surface area contributed by atoms with Gasteiger partial charge in [-0.05, 0) is 43.7 Å². The fourth-order valence-corrected chi connectivity index (χ4v) is 3.79. The van der Waals surface area contributed by atoms with Gasteiger partial charge in [-0.1, -0.05) is 29.8 Å². The van der Waals surface area contributed by atoms with Crippen molar-refractivity contribution in [2.24, 2.45) is 0 Å². The molecule has 0 aliphatic carbocycles. The van der Waals surface area contributed by atoms with Crippen LogP contribution in [0, 0.1) is 6.92 Å². The quantitative estimate of drug-likeness (QED) is 0.634. The van der Waals surface area contributed by atoms with Crippen molar-refractivity contribution in [1.29, 1.82) is 0 Å². The lowest BCUT2D eigenvalue weighted by Gasteiger charge is -2.36. The summed E-state index contributed by atoms with van der Waals surface area (Å²) in [7, 11) is 1.65. The Balaban J connectivity index is 1.34.